The predicted octanol–water partition coefficient (Wildman–Crippen LogP) is 5.92. The molecule has 0 atom stereocenters. The van der Waals surface area contributed by atoms with E-state index in [1.165, 1.54) is 0 Å². The second-order valence-electron chi connectivity index (χ2n) is 6.87. The Hall–Kier alpha value is -3.54. The monoisotopic (exact) mass is 433 g/mol. The van der Waals surface area contributed by atoms with Gasteiger partial charge in [0, 0.05) is 16.8 Å². The molecule has 0 fully saturated rings. The van der Waals surface area contributed by atoms with E-state index in [1.807, 2.05) is 30.3 Å². The van der Waals surface area contributed by atoms with E-state index in [0.717, 1.165) is 5.56 Å². The van der Waals surface area contributed by atoms with Gasteiger partial charge < -0.3 is 19.6 Å². The fourth-order valence-corrected chi connectivity index (χ4v) is 3.32. The molecule has 6 heteroatoms. The first-order valence-corrected chi connectivity index (χ1v) is 10.1. The molecular formula is C25H20ClNO4. The van der Waals surface area contributed by atoms with Crippen molar-refractivity contribution in [3.63, 3.8) is 0 Å². The first-order chi connectivity index (χ1) is 15.1. The predicted molar refractivity (Wildman–Crippen MR) is 120 cm³/mol. The molecule has 0 aliphatic heterocycles. The van der Waals surface area contributed by atoms with Gasteiger partial charge in [0.2, 0.25) is 0 Å². The largest absolute Gasteiger partial charge is 0.489 e. The van der Waals surface area contributed by atoms with Crippen molar-refractivity contribution >= 4 is 23.2 Å². The minimum Gasteiger partial charge on any atom is -0.489 e. The Bertz CT molecular complexity index is 1170. The summed E-state index contributed by atoms with van der Waals surface area (Å²) in [5.74, 6) is 1.45. The average Bonchev–Trinajstić information content (AvgIpc) is 3.28. The van der Waals surface area contributed by atoms with Crippen LogP contribution in [-0.2, 0) is 13.2 Å². The van der Waals surface area contributed by atoms with E-state index in [4.69, 9.17) is 25.9 Å². The van der Waals surface area contributed by atoms with Crippen LogP contribution in [0.4, 0.5) is 5.69 Å². The van der Waals surface area contributed by atoms with Crippen molar-refractivity contribution in [2.24, 2.45) is 0 Å². The van der Waals surface area contributed by atoms with Gasteiger partial charge in [0.05, 0.1) is 5.02 Å². The Kier molecular flexibility index (Phi) is 6.36. The molecule has 0 unspecified atom stereocenters. The standard InChI is InChI=1S/C25H20ClNO4/c26-23-14-19(8-12-22(23)24-13-11-21(15-28)31-24)27-25(29)18-6-9-20(10-7-18)30-16-17-4-2-1-3-5-17/h1-14,28H,15-16H2,(H,27,29). The van der Waals surface area contributed by atoms with Crippen LogP contribution in [0.15, 0.2) is 89.3 Å². The van der Waals surface area contributed by atoms with Crippen molar-refractivity contribution in [1.82, 2.24) is 0 Å². The number of amides is 1. The van der Waals surface area contributed by atoms with E-state index in [1.54, 1.807) is 54.6 Å². The van der Waals surface area contributed by atoms with Crippen LogP contribution < -0.4 is 10.1 Å². The fraction of sp³-hybridized carbons (Fsp3) is 0.0800. The van der Waals surface area contributed by atoms with Crippen LogP contribution in [0.1, 0.15) is 21.7 Å². The van der Waals surface area contributed by atoms with Crippen LogP contribution >= 0.6 is 11.6 Å². The number of anilines is 1. The van der Waals surface area contributed by atoms with Gasteiger partial charge in [-0.15, -0.1) is 0 Å². The van der Waals surface area contributed by atoms with Crippen LogP contribution in [0.5, 0.6) is 5.75 Å². The Labute approximate surface area is 184 Å². The van der Waals surface area contributed by atoms with E-state index in [9.17, 15) is 4.79 Å². The van der Waals surface area contributed by atoms with E-state index >= 15 is 0 Å². The number of aliphatic hydroxyl groups is 1. The van der Waals surface area contributed by atoms with Crippen LogP contribution in [0.25, 0.3) is 11.3 Å². The molecular weight excluding hydrogens is 414 g/mol. The zero-order valence-corrected chi connectivity index (χ0v) is 17.3. The number of carbonyl (C=O) groups is 1. The molecule has 0 saturated heterocycles. The number of hydrogen-bond donors (Lipinski definition) is 2. The van der Waals surface area contributed by atoms with Crippen LogP contribution in [0.3, 0.4) is 0 Å². The third-order valence-corrected chi connectivity index (χ3v) is 4.99. The number of benzene rings is 3. The fourth-order valence-electron chi connectivity index (χ4n) is 3.05. The molecule has 156 valence electrons. The number of nitrogens with one attached hydrogen (secondary N) is 1. The molecule has 4 aromatic rings. The maximum Gasteiger partial charge on any atom is 0.255 e. The number of hydrogen-bond acceptors (Lipinski definition) is 4. The average molecular weight is 434 g/mol. The number of ether oxygens (including phenoxy) is 1. The lowest BCUT2D eigenvalue weighted by Crippen LogP contribution is -2.11. The maximum absolute atomic E-state index is 12.6. The summed E-state index contributed by atoms with van der Waals surface area (Å²) in [7, 11) is 0. The maximum atomic E-state index is 12.6. The van der Waals surface area contributed by atoms with Crippen LogP contribution in [0, 0.1) is 0 Å². The number of rotatable bonds is 7. The zero-order chi connectivity index (χ0) is 21.6. The molecule has 4 rings (SSSR count). The van der Waals surface area contributed by atoms with E-state index < -0.39 is 0 Å². The van der Waals surface area contributed by atoms with Crippen LogP contribution in [-0.4, -0.2) is 11.0 Å². The number of aliphatic hydroxyl groups excluding tert-OH is 1. The van der Waals surface area contributed by atoms with Gasteiger partial charge in [-0.25, -0.2) is 0 Å². The van der Waals surface area contributed by atoms with Crippen molar-refractivity contribution in [2.75, 3.05) is 5.32 Å². The van der Waals surface area contributed by atoms with Crippen LogP contribution in [0.2, 0.25) is 5.02 Å². The smallest absolute Gasteiger partial charge is 0.255 e. The van der Waals surface area contributed by atoms with Crippen molar-refractivity contribution < 1.29 is 19.1 Å². The lowest BCUT2D eigenvalue weighted by atomic mass is 10.1. The minimum atomic E-state index is -0.251. The lowest BCUT2D eigenvalue weighted by molar-refractivity contribution is 0.102. The normalized spacial score (nSPS) is 10.6. The van der Waals surface area contributed by atoms with Crippen molar-refractivity contribution in [3.05, 3.63) is 107 Å². The van der Waals surface area contributed by atoms with Gasteiger partial charge >= 0.3 is 0 Å². The highest BCUT2D eigenvalue weighted by molar-refractivity contribution is 6.33. The molecule has 0 saturated carbocycles. The Morgan fingerprint density at radius 1 is 0.968 bits per heavy atom. The Morgan fingerprint density at radius 2 is 1.74 bits per heavy atom. The molecule has 2 N–H and O–H groups in total. The summed E-state index contributed by atoms with van der Waals surface area (Å²) in [6, 6.07) is 25.4. The van der Waals surface area contributed by atoms with Crippen molar-refractivity contribution in [1.29, 1.82) is 0 Å². The Morgan fingerprint density at radius 3 is 2.42 bits per heavy atom. The lowest BCUT2D eigenvalue weighted by Gasteiger charge is -2.09. The highest BCUT2D eigenvalue weighted by atomic mass is 35.5. The molecule has 1 amide bonds. The summed E-state index contributed by atoms with van der Waals surface area (Å²) in [5.41, 5.74) is 2.83. The SMILES string of the molecule is O=C(Nc1ccc(-c2ccc(CO)o2)c(Cl)c1)c1ccc(OCc2ccccc2)cc1. The van der Waals surface area contributed by atoms with Gasteiger partial charge in [-0.3, -0.25) is 4.79 Å². The molecule has 5 nitrogen and oxygen atoms in total. The second-order valence-corrected chi connectivity index (χ2v) is 7.28. The molecule has 0 aliphatic carbocycles. The molecule has 1 heterocycles. The van der Waals surface area contributed by atoms with Crippen molar-refractivity contribution in [3.8, 4) is 17.1 Å². The van der Waals surface area contributed by atoms with Gasteiger partial charge in [-0.1, -0.05) is 41.9 Å². The number of furan rings is 1. The van der Waals surface area contributed by atoms with E-state index in [-0.39, 0.29) is 12.5 Å². The van der Waals surface area contributed by atoms with Gasteiger partial charge in [-0.05, 0) is 60.2 Å². The summed E-state index contributed by atoms with van der Waals surface area (Å²) in [6.45, 7) is 0.286. The van der Waals surface area contributed by atoms with Gasteiger partial charge in [0.25, 0.3) is 5.91 Å². The summed E-state index contributed by atoms with van der Waals surface area (Å²) in [6.07, 6.45) is 0. The first-order valence-electron chi connectivity index (χ1n) is 9.70. The Balaban J connectivity index is 1.39. The topological polar surface area (TPSA) is 71.7 Å². The van der Waals surface area contributed by atoms with Gasteiger partial charge in [0.15, 0.2) is 0 Å². The van der Waals surface area contributed by atoms with E-state index in [0.29, 0.717) is 45.7 Å². The van der Waals surface area contributed by atoms with Crippen molar-refractivity contribution in [2.45, 2.75) is 13.2 Å². The minimum absolute atomic E-state index is 0.179. The summed E-state index contributed by atoms with van der Waals surface area (Å²) < 4.78 is 11.3. The molecule has 0 spiro atoms. The zero-order valence-electron chi connectivity index (χ0n) is 16.5. The second kappa shape index (κ2) is 9.51. The molecule has 1 aromatic heterocycles. The molecule has 31 heavy (non-hydrogen) atoms. The third kappa shape index (κ3) is 5.15. The quantitative estimate of drug-likeness (QED) is 0.379. The highest BCUT2D eigenvalue weighted by Gasteiger charge is 2.12. The van der Waals surface area contributed by atoms with Gasteiger partial charge in [0.1, 0.15) is 30.5 Å². The number of halogens is 1. The summed E-state index contributed by atoms with van der Waals surface area (Å²) in [5, 5.41) is 12.4. The molecule has 0 aliphatic rings. The molecule has 3 aromatic carbocycles. The first kappa shape index (κ1) is 20.7. The molecule has 0 bridgehead atoms. The number of carbonyl (C=O) groups excluding carboxylic acids is 1. The highest BCUT2D eigenvalue weighted by Crippen LogP contribution is 2.32. The van der Waals surface area contributed by atoms with E-state index in [2.05, 4.69) is 5.32 Å². The molecule has 0 radical (unpaired) electrons. The van der Waals surface area contributed by atoms with Gasteiger partial charge in [-0.2, -0.15) is 0 Å². The third-order valence-electron chi connectivity index (χ3n) is 4.67. The summed E-state index contributed by atoms with van der Waals surface area (Å²) >= 11 is 6.36. The summed E-state index contributed by atoms with van der Waals surface area (Å²) in [4.78, 5) is 12.6.